The van der Waals surface area contributed by atoms with Crippen LogP contribution in [0.3, 0.4) is 0 Å². The first-order valence-electron chi connectivity index (χ1n) is 8.15. The van der Waals surface area contributed by atoms with E-state index in [2.05, 4.69) is 39.4 Å². The summed E-state index contributed by atoms with van der Waals surface area (Å²) in [5.74, 6) is 0. The van der Waals surface area contributed by atoms with Crippen LogP contribution in [0.4, 0.5) is 0 Å². The van der Waals surface area contributed by atoms with Crippen molar-refractivity contribution in [3.8, 4) is 0 Å². The minimum Gasteiger partial charge on any atom is -0.308 e. The Morgan fingerprint density at radius 2 is 1.75 bits per heavy atom. The van der Waals surface area contributed by atoms with Crippen LogP contribution >= 0.6 is 0 Å². The summed E-state index contributed by atoms with van der Waals surface area (Å²) in [7, 11) is 0. The Balaban J connectivity index is 1.30. The van der Waals surface area contributed by atoms with Crippen LogP contribution in [0.2, 0.25) is 0 Å². The number of benzene rings is 1. The maximum Gasteiger partial charge on any atom is 0.0238 e. The largest absolute Gasteiger partial charge is 0.308 e. The van der Waals surface area contributed by atoms with Crippen molar-refractivity contribution in [2.45, 2.75) is 37.9 Å². The van der Waals surface area contributed by atoms with E-state index in [1.165, 1.54) is 57.5 Å². The van der Waals surface area contributed by atoms with E-state index in [0.29, 0.717) is 6.04 Å². The van der Waals surface area contributed by atoms with Gasteiger partial charge in [0, 0.05) is 51.4 Å². The van der Waals surface area contributed by atoms with Gasteiger partial charge in [-0.2, -0.15) is 0 Å². The fourth-order valence-corrected chi connectivity index (χ4v) is 3.71. The van der Waals surface area contributed by atoms with Crippen molar-refractivity contribution in [1.29, 1.82) is 0 Å². The van der Waals surface area contributed by atoms with Gasteiger partial charge in [-0.15, -0.1) is 0 Å². The van der Waals surface area contributed by atoms with E-state index < -0.39 is 0 Å². The molecular formula is C17H25N3. The van der Waals surface area contributed by atoms with Gasteiger partial charge in [-0.25, -0.2) is 0 Å². The van der Waals surface area contributed by atoms with Crippen LogP contribution in [0.25, 0.3) is 0 Å². The molecule has 1 aromatic carbocycles. The molecule has 2 heterocycles. The second-order valence-electron chi connectivity index (χ2n) is 6.62. The molecule has 0 bridgehead atoms. The van der Waals surface area contributed by atoms with Crippen LogP contribution in [-0.2, 0) is 13.0 Å². The molecule has 0 amide bonds. The zero-order valence-electron chi connectivity index (χ0n) is 12.2. The van der Waals surface area contributed by atoms with Gasteiger partial charge in [-0.3, -0.25) is 9.80 Å². The van der Waals surface area contributed by atoms with Gasteiger partial charge in [-0.05, 0) is 30.4 Å². The Morgan fingerprint density at radius 3 is 2.50 bits per heavy atom. The number of fused-ring (bicyclic) bond motifs is 1. The standard InChI is InChI=1S/C17H25N3/c1-2-4-15-12-18-16(11-14(15)3-1)13-19-7-9-20(10-8-19)17-5-6-17/h1-4,16-18H,5-13H2. The Hall–Kier alpha value is -0.900. The third-order valence-corrected chi connectivity index (χ3v) is 5.11. The lowest BCUT2D eigenvalue weighted by Gasteiger charge is -2.37. The van der Waals surface area contributed by atoms with Crippen molar-refractivity contribution < 1.29 is 0 Å². The molecule has 20 heavy (non-hydrogen) atoms. The molecule has 3 heteroatoms. The van der Waals surface area contributed by atoms with Crippen LogP contribution in [0, 0.1) is 0 Å². The van der Waals surface area contributed by atoms with Crippen molar-refractivity contribution in [2.24, 2.45) is 0 Å². The Bertz CT molecular complexity index is 461. The van der Waals surface area contributed by atoms with E-state index in [9.17, 15) is 0 Å². The average molecular weight is 271 g/mol. The molecule has 3 nitrogen and oxygen atoms in total. The van der Waals surface area contributed by atoms with Crippen molar-refractivity contribution >= 4 is 0 Å². The molecule has 0 radical (unpaired) electrons. The Morgan fingerprint density at radius 1 is 1.00 bits per heavy atom. The van der Waals surface area contributed by atoms with Crippen LogP contribution in [-0.4, -0.2) is 54.6 Å². The topological polar surface area (TPSA) is 18.5 Å². The van der Waals surface area contributed by atoms with E-state index in [0.717, 1.165) is 12.6 Å². The molecule has 1 saturated carbocycles. The summed E-state index contributed by atoms with van der Waals surface area (Å²) >= 11 is 0. The predicted molar refractivity (Wildman–Crippen MR) is 81.8 cm³/mol. The van der Waals surface area contributed by atoms with Crippen molar-refractivity contribution in [1.82, 2.24) is 15.1 Å². The van der Waals surface area contributed by atoms with E-state index in [-0.39, 0.29) is 0 Å². The highest BCUT2D eigenvalue weighted by Gasteiger charge is 2.31. The van der Waals surface area contributed by atoms with Gasteiger partial charge in [-0.1, -0.05) is 24.3 Å². The van der Waals surface area contributed by atoms with Gasteiger partial charge in [0.05, 0.1) is 0 Å². The maximum atomic E-state index is 3.71. The molecule has 1 aromatic rings. The molecular weight excluding hydrogens is 246 g/mol. The third kappa shape index (κ3) is 2.76. The lowest BCUT2D eigenvalue weighted by atomic mass is 9.95. The Kier molecular flexibility index (Phi) is 3.51. The summed E-state index contributed by atoms with van der Waals surface area (Å²) in [6.07, 6.45) is 4.08. The number of piperazine rings is 1. The highest BCUT2D eigenvalue weighted by Crippen LogP contribution is 2.27. The number of rotatable bonds is 3. The minimum absolute atomic E-state index is 0.636. The summed E-state index contributed by atoms with van der Waals surface area (Å²) in [5.41, 5.74) is 3.04. The quantitative estimate of drug-likeness (QED) is 0.898. The van der Waals surface area contributed by atoms with Crippen LogP contribution in [0.1, 0.15) is 24.0 Å². The number of nitrogens with zero attached hydrogens (tertiary/aromatic N) is 2. The van der Waals surface area contributed by atoms with Crippen molar-refractivity contribution in [3.63, 3.8) is 0 Å². The zero-order chi connectivity index (χ0) is 13.4. The summed E-state index contributed by atoms with van der Waals surface area (Å²) in [6, 6.07) is 10.5. The van der Waals surface area contributed by atoms with Crippen LogP contribution < -0.4 is 5.32 Å². The maximum absolute atomic E-state index is 3.71. The summed E-state index contributed by atoms with van der Waals surface area (Å²) in [6.45, 7) is 7.35. The molecule has 4 rings (SSSR count). The first kappa shape index (κ1) is 12.8. The monoisotopic (exact) mass is 271 g/mol. The molecule has 1 aliphatic carbocycles. The van der Waals surface area contributed by atoms with E-state index in [1.807, 2.05) is 0 Å². The average Bonchev–Trinajstić information content (AvgIpc) is 3.33. The molecule has 3 aliphatic rings. The smallest absolute Gasteiger partial charge is 0.0238 e. The zero-order valence-corrected chi connectivity index (χ0v) is 12.2. The second-order valence-corrected chi connectivity index (χ2v) is 6.62. The normalized spacial score (nSPS) is 28.3. The first-order valence-corrected chi connectivity index (χ1v) is 8.15. The van der Waals surface area contributed by atoms with Crippen LogP contribution in [0.5, 0.6) is 0 Å². The summed E-state index contributed by atoms with van der Waals surface area (Å²) in [4.78, 5) is 5.35. The number of nitrogens with one attached hydrogen (secondary N) is 1. The van der Waals surface area contributed by atoms with Crippen LogP contribution in [0.15, 0.2) is 24.3 Å². The summed E-state index contributed by atoms with van der Waals surface area (Å²) in [5, 5.41) is 3.71. The molecule has 1 atom stereocenters. The predicted octanol–water partition coefficient (Wildman–Crippen LogP) is 1.48. The van der Waals surface area contributed by atoms with Gasteiger partial charge in [0.1, 0.15) is 0 Å². The van der Waals surface area contributed by atoms with Crippen molar-refractivity contribution in [2.75, 3.05) is 32.7 Å². The van der Waals surface area contributed by atoms with Gasteiger partial charge >= 0.3 is 0 Å². The second kappa shape index (κ2) is 5.47. The molecule has 1 N–H and O–H groups in total. The lowest BCUT2D eigenvalue weighted by molar-refractivity contribution is 0.116. The Labute approximate surface area is 121 Å². The highest BCUT2D eigenvalue weighted by molar-refractivity contribution is 5.29. The third-order valence-electron chi connectivity index (χ3n) is 5.11. The number of hydrogen-bond acceptors (Lipinski definition) is 3. The molecule has 2 fully saturated rings. The van der Waals surface area contributed by atoms with Gasteiger partial charge in [0.15, 0.2) is 0 Å². The molecule has 0 spiro atoms. The highest BCUT2D eigenvalue weighted by atomic mass is 15.3. The fourth-order valence-electron chi connectivity index (χ4n) is 3.71. The van der Waals surface area contributed by atoms with Crippen molar-refractivity contribution in [3.05, 3.63) is 35.4 Å². The number of hydrogen-bond donors (Lipinski definition) is 1. The lowest BCUT2D eigenvalue weighted by Crippen LogP contribution is -2.52. The van der Waals surface area contributed by atoms with E-state index in [4.69, 9.17) is 0 Å². The fraction of sp³-hybridized carbons (Fsp3) is 0.647. The molecule has 108 valence electrons. The van der Waals surface area contributed by atoms with Gasteiger partial charge in [0.25, 0.3) is 0 Å². The first-order chi connectivity index (χ1) is 9.88. The molecule has 0 aromatic heterocycles. The molecule has 1 saturated heterocycles. The SMILES string of the molecule is c1ccc2c(c1)CNC(CN1CCN(C3CC3)CC1)C2. The van der Waals surface area contributed by atoms with E-state index in [1.54, 1.807) is 5.56 Å². The molecule has 2 aliphatic heterocycles. The summed E-state index contributed by atoms with van der Waals surface area (Å²) < 4.78 is 0. The van der Waals surface area contributed by atoms with Gasteiger partial charge < -0.3 is 5.32 Å². The van der Waals surface area contributed by atoms with E-state index >= 15 is 0 Å². The molecule has 1 unspecified atom stereocenters. The van der Waals surface area contributed by atoms with Gasteiger partial charge in [0.2, 0.25) is 0 Å². The minimum atomic E-state index is 0.636.